The van der Waals surface area contributed by atoms with Crippen LogP contribution in [0.25, 0.3) is 22.3 Å². The summed E-state index contributed by atoms with van der Waals surface area (Å²) < 4.78 is 8.49. The Bertz CT molecular complexity index is 1150. The molecule has 3 aromatic rings. The molecule has 0 bridgehead atoms. The van der Waals surface area contributed by atoms with Crippen molar-refractivity contribution in [2.24, 2.45) is 5.92 Å². The third-order valence-electron chi connectivity index (χ3n) is 5.97. The molecule has 1 saturated heterocycles. The third kappa shape index (κ3) is 3.28. The van der Waals surface area contributed by atoms with E-state index in [0.717, 1.165) is 35.1 Å². The number of anilines is 1. The van der Waals surface area contributed by atoms with E-state index in [9.17, 15) is 4.79 Å². The zero-order valence-corrected chi connectivity index (χ0v) is 16.8. The van der Waals surface area contributed by atoms with Gasteiger partial charge in [0.1, 0.15) is 11.6 Å². The Labute approximate surface area is 174 Å². The number of nitrogens with one attached hydrogen (secondary N) is 2. The number of rotatable bonds is 6. The monoisotopic (exact) mass is 404 g/mol. The van der Waals surface area contributed by atoms with E-state index in [0.29, 0.717) is 36.1 Å². The molecular weight excluding hydrogens is 380 g/mol. The number of nitrogens with zero attached hydrogens (tertiary/aromatic N) is 3. The highest BCUT2D eigenvalue weighted by atomic mass is 16.5. The number of pyridine rings is 1. The number of imidazole rings is 1. The van der Waals surface area contributed by atoms with Gasteiger partial charge in [-0.15, -0.1) is 0 Å². The molecule has 1 amide bonds. The second kappa shape index (κ2) is 7.12. The molecular formula is C22H24N6O2. The summed E-state index contributed by atoms with van der Waals surface area (Å²) in [7, 11) is 0. The molecule has 0 radical (unpaired) electrons. The first-order valence-corrected chi connectivity index (χ1v) is 10.2. The number of carbonyl (C=O) groups is 1. The van der Waals surface area contributed by atoms with Crippen LogP contribution in [0.4, 0.5) is 5.69 Å². The van der Waals surface area contributed by atoms with Gasteiger partial charge in [0, 0.05) is 48.0 Å². The molecule has 1 saturated carbocycles. The summed E-state index contributed by atoms with van der Waals surface area (Å²) in [6.45, 7) is 2.60. The Morgan fingerprint density at radius 3 is 2.87 bits per heavy atom. The van der Waals surface area contributed by atoms with Crippen LogP contribution >= 0.6 is 0 Å². The van der Waals surface area contributed by atoms with Crippen molar-refractivity contribution in [3.05, 3.63) is 36.2 Å². The summed E-state index contributed by atoms with van der Waals surface area (Å²) >= 11 is 0. The average Bonchev–Trinajstić information content (AvgIpc) is 3.33. The molecule has 1 aliphatic heterocycles. The molecule has 4 N–H and O–H groups in total. The molecule has 2 aromatic heterocycles. The number of nitrogen functional groups attached to an aromatic ring is 1. The van der Waals surface area contributed by atoms with E-state index in [-0.39, 0.29) is 17.9 Å². The highest BCUT2D eigenvalue weighted by Crippen LogP contribution is 2.40. The summed E-state index contributed by atoms with van der Waals surface area (Å²) in [5.74, 6) is 0.707. The summed E-state index contributed by atoms with van der Waals surface area (Å²) in [5.41, 5.74) is 10.6. The fraction of sp³-hybridized carbons (Fsp3) is 0.364. The lowest BCUT2D eigenvalue weighted by molar-refractivity contribution is -0.119. The Morgan fingerprint density at radius 2 is 2.20 bits per heavy atom. The van der Waals surface area contributed by atoms with Gasteiger partial charge in [0.25, 0.3) is 0 Å². The van der Waals surface area contributed by atoms with Crippen LogP contribution in [-0.4, -0.2) is 39.3 Å². The fourth-order valence-corrected chi connectivity index (χ4v) is 3.98. The van der Waals surface area contributed by atoms with Crippen LogP contribution in [0.1, 0.15) is 37.8 Å². The van der Waals surface area contributed by atoms with Crippen molar-refractivity contribution < 1.29 is 9.53 Å². The molecule has 154 valence electrons. The minimum Gasteiger partial charge on any atom is -0.473 e. The van der Waals surface area contributed by atoms with Gasteiger partial charge in [0.2, 0.25) is 11.8 Å². The Hall–Kier alpha value is -3.42. The van der Waals surface area contributed by atoms with Crippen molar-refractivity contribution in [1.29, 1.82) is 5.41 Å². The summed E-state index contributed by atoms with van der Waals surface area (Å²) in [6.07, 6.45) is 5.66. The highest BCUT2D eigenvalue weighted by Gasteiger charge is 2.31. The maximum atomic E-state index is 11.6. The second-order valence-electron chi connectivity index (χ2n) is 8.14. The molecule has 2 atom stereocenters. The largest absolute Gasteiger partial charge is 0.473 e. The molecule has 3 heterocycles. The van der Waals surface area contributed by atoms with E-state index >= 15 is 0 Å². The van der Waals surface area contributed by atoms with Crippen LogP contribution in [-0.2, 0) is 4.79 Å². The van der Waals surface area contributed by atoms with Gasteiger partial charge in [-0.25, -0.2) is 9.97 Å². The fourth-order valence-electron chi connectivity index (χ4n) is 3.98. The Kier molecular flexibility index (Phi) is 4.42. The van der Waals surface area contributed by atoms with Gasteiger partial charge in [-0.1, -0.05) is 12.1 Å². The molecule has 30 heavy (non-hydrogen) atoms. The quantitative estimate of drug-likeness (QED) is 0.431. The van der Waals surface area contributed by atoms with Gasteiger partial charge in [-0.05, 0) is 31.9 Å². The number of hydrogen-bond acceptors (Lipinski definition) is 6. The molecule has 2 fully saturated rings. The standard InChI is InChI=1S/C22H24N6O2/c1-12(15-7-20(29)25-10-15)30-22-21-19(26-11-28(21)16-4-5-16)8-18(27-22)13-2-3-14(9-23)17(24)6-13/h2-3,6,8-9,11-12,15-16,23H,4-5,7,10,24H2,1H3,(H,25,29). The van der Waals surface area contributed by atoms with Crippen LogP contribution in [0.2, 0.25) is 0 Å². The molecule has 5 rings (SSSR count). The second-order valence-corrected chi connectivity index (χ2v) is 8.14. The van der Waals surface area contributed by atoms with E-state index in [1.165, 1.54) is 6.21 Å². The van der Waals surface area contributed by atoms with Crippen LogP contribution in [0, 0.1) is 11.3 Å². The van der Waals surface area contributed by atoms with Crippen molar-refractivity contribution in [3.8, 4) is 17.1 Å². The lowest BCUT2D eigenvalue weighted by Gasteiger charge is -2.20. The van der Waals surface area contributed by atoms with E-state index in [1.54, 1.807) is 0 Å². The summed E-state index contributed by atoms with van der Waals surface area (Å²) in [5, 5.41) is 10.3. The van der Waals surface area contributed by atoms with Gasteiger partial charge in [0.05, 0.1) is 17.5 Å². The number of carbonyl (C=O) groups excluding carboxylic acids is 1. The molecule has 2 aliphatic rings. The molecule has 2 unspecified atom stereocenters. The summed E-state index contributed by atoms with van der Waals surface area (Å²) in [4.78, 5) is 21.1. The van der Waals surface area contributed by atoms with Gasteiger partial charge >= 0.3 is 0 Å². The number of benzene rings is 1. The smallest absolute Gasteiger partial charge is 0.241 e. The number of nitrogens with two attached hydrogens (primary N) is 1. The topological polar surface area (TPSA) is 119 Å². The molecule has 8 heteroatoms. The minimum atomic E-state index is -0.164. The summed E-state index contributed by atoms with van der Waals surface area (Å²) in [6, 6.07) is 7.92. The van der Waals surface area contributed by atoms with E-state index in [4.69, 9.17) is 20.9 Å². The first-order chi connectivity index (χ1) is 14.5. The van der Waals surface area contributed by atoms with Gasteiger partial charge in [0.15, 0.2) is 0 Å². The first kappa shape index (κ1) is 18.6. The minimum absolute atomic E-state index is 0.0621. The van der Waals surface area contributed by atoms with Crippen LogP contribution < -0.4 is 15.8 Å². The van der Waals surface area contributed by atoms with Crippen LogP contribution in [0.15, 0.2) is 30.6 Å². The number of aromatic nitrogens is 3. The molecule has 0 spiro atoms. The highest BCUT2D eigenvalue weighted by molar-refractivity contribution is 5.89. The SMILES string of the molecule is CC(Oc1nc(-c2ccc(C=N)c(N)c2)cc2ncn(C3CC3)c12)C1CNC(=O)C1. The zero-order valence-electron chi connectivity index (χ0n) is 16.8. The number of fused-ring (bicyclic) bond motifs is 1. The van der Waals surface area contributed by atoms with Gasteiger partial charge in [-0.3, -0.25) is 4.79 Å². The molecule has 1 aromatic carbocycles. The average molecular weight is 404 g/mol. The van der Waals surface area contributed by atoms with Crippen LogP contribution in [0.3, 0.4) is 0 Å². The van der Waals surface area contributed by atoms with E-state index in [2.05, 4.69) is 14.9 Å². The van der Waals surface area contributed by atoms with Gasteiger partial charge in [-0.2, -0.15) is 0 Å². The van der Waals surface area contributed by atoms with E-state index < -0.39 is 0 Å². The maximum absolute atomic E-state index is 11.6. The molecule has 1 aliphatic carbocycles. The predicted molar refractivity (Wildman–Crippen MR) is 115 cm³/mol. The number of hydrogen-bond donors (Lipinski definition) is 3. The lowest BCUT2D eigenvalue weighted by Crippen LogP contribution is -2.26. The predicted octanol–water partition coefficient (Wildman–Crippen LogP) is 2.92. The van der Waals surface area contributed by atoms with Gasteiger partial charge < -0.3 is 25.8 Å². The first-order valence-electron chi connectivity index (χ1n) is 10.2. The van der Waals surface area contributed by atoms with Crippen molar-refractivity contribution in [2.75, 3.05) is 12.3 Å². The maximum Gasteiger partial charge on any atom is 0.241 e. The normalized spacial score (nSPS) is 19.6. The zero-order chi connectivity index (χ0) is 20.8. The van der Waals surface area contributed by atoms with Crippen molar-refractivity contribution in [1.82, 2.24) is 19.9 Å². The van der Waals surface area contributed by atoms with Crippen molar-refractivity contribution in [2.45, 2.75) is 38.3 Å². The molecule has 8 nitrogen and oxygen atoms in total. The van der Waals surface area contributed by atoms with Crippen LogP contribution in [0.5, 0.6) is 5.88 Å². The Morgan fingerprint density at radius 1 is 1.37 bits per heavy atom. The van der Waals surface area contributed by atoms with Crippen molar-refractivity contribution >= 4 is 28.8 Å². The number of ether oxygens (including phenoxy) is 1. The lowest BCUT2D eigenvalue weighted by atomic mass is 10.0. The Balaban J connectivity index is 1.57. The van der Waals surface area contributed by atoms with Crippen molar-refractivity contribution in [3.63, 3.8) is 0 Å². The third-order valence-corrected chi connectivity index (χ3v) is 5.97. The number of amides is 1. The van der Waals surface area contributed by atoms with E-state index in [1.807, 2.05) is 37.5 Å².